The number of hydrogen-bond donors (Lipinski definition) is 1. The highest BCUT2D eigenvalue weighted by Gasteiger charge is 2.33. The predicted octanol–water partition coefficient (Wildman–Crippen LogP) is 3.70. The molecule has 2 nitrogen and oxygen atoms in total. The van der Waals surface area contributed by atoms with Crippen LogP contribution >= 0.6 is 11.6 Å². The van der Waals surface area contributed by atoms with Gasteiger partial charge in [-0.2, -0.15) is 0 Å². The zero-order valence-corrected chi connectivity index (χ0v) is 12.9. The van der Waals surface area contributed by atoms with Gasteiger partial charge in [0.2, 0.25) is 0 Å². The largest absolute Gasteiger partial charge is 0.329 e. The molecule has 5 heteroatoms. The Hall–Kier alpha value is -1.49. The smallest absolute Gasteiger partial charge is 0.126 e. The molecule has 2 aromatic rings. The van der Waals surface area contributed by atoms with Gasteiger partial charge in [-0.25, -0.2) is 8.78 Å². The molecule has 0 radical (unpaired) electrons. The Morgan fingerprint density at radius 1 is 1.23 bits per heavy atom. The average molecular weight is 323 g/mol. The van der Waals surface area contributed by atoms with E-state index in [-0.39, 0.29) is 12.0 Å². The molecule has 2 aromatic carbocycles. The van der Waals surface area contributed by atoms with Crippen molar-refractivity contribution >= 4 is 11.6 Å². The number of hydrogen-bond acceptors (Lipinski definition) is 2. The second-order valence-electron chi connectivity index (χ2n) is 5.69. The van der Waals surface area contributed by atoms with Crippen LogP contribution < -0.4 is 5.73 Å². The van der Waals surface area contributed by atoms with E-state index >= 15 is 0 Å². The molecular formula is C17H17ClF2N2. The highest BCUT2D eigenvalue weighted by molar-refractivity contribution is 6.31. The summed E-state index contributed by atoms with van der Waals surface area (Å²) in [5, 5.41) is 0.610. The summed E-state index contributed by atoms with van der Waals surface area (Å²) in [7, 11) is 1.96. The molecule has 0 saturated carbocycles. The minimum Gasteiger partial charge on any atom is -0.329 e. The normalized spacial score (nSPS) is 21.7. The second kappa shape index (κ2) is 5.95. The average Bonchev–Trinajstić information content (AvgIpc) is 2.45. The van der Waals surface area contributed by atoms with E-state index in [1.54, 1.807) is 0 Å². The first-order valence-electron chi connectivity index (χ1n) is 7.16. The number of likely N-dealkylation sites (N-methyl/N-ethyl adjacent to an activating group) is 1. The summed E-state index contributed by atoms with van der Waals surface area (Å²) in [6.45, 7) is 1.08. The third-order valence-corrected chi connectivity index (χ3v) is 4.64. The first-order chi connectivity index (χ1) is 10.5. The Morgan fingerprint density at radius 3 is 2.55 bits per heavy atom. The standard InChI is InChI=1S/C17H17ClF2N2/c1-22-9-14(10-5-11(19)7-12(20)6-10)17-13(16(22)8-21)3-2-4-15(17)18/h2-7,14,16H,8-9,21H2,1H3. The van der Waals surface area contributed by atoms with Crippen molar-refractivity contribution in [2.45, 2.75) is 12.0 Å². The molecule has 1 aliphatic heterocycles. The van der Waals surface area contributed by atoms with Crippen molar-refractivity contribution in [3.63, 3.8) is 0 Å². The van der Waals surface area contributed by atoms with Gasteiger partial charge in [0.1, 0.15) is 11.6 Å². The van der Waals surface area contributed by atoms with Crippen LogP contribution in [-0.4, -0.2) is 25.0 Å². The summed E-state index contributed by atoms with van der Waals surface area (Å²) in [5.74, 6) is -1.33. The zero-order chi connectivity index (χ0) is 15.9. The predicted molar refractivity (Wildman–Crippen MR) is 84.1 cm³/mol. The minimum absolute atomic E-state index is 0.0587. The first-order valence-corrected chi connectivity index (χ1v) is 7.53. The fourth-order valence-corrected chi connectivity index (χ4v) is 3.62. The molecule has 2 atom stereocenters. The Morgan fingerprint density at radius 2 is 1.91 bits per heavy atom. The lowest BCUT2D eigenvalue weighted by Crippen LogP contribution is -2.39. The Labute approximate surface area is 133 Å². The number of fused-ring (bicyclic) bond motifs is 1. The summed E-state index contributed by atoms with van der Waals surface area (Å²) < 4.78 is 27.2. The van der Waals surface area contributed by atoms with Crippen LogP contribution in [0.4, 0.5) is 8.78 Å². The van der Waals surface area contributed by atoms with Gasteiger partial charge in [0, 0.05) is 36.1 Å². The highest BCUT2D eigenvalue weighted by Crippen LogP contribution is 2.42. The van der Waals surface area contributed by atoms with Crippen molar-refractivity contribution in [3.05, 3.63) is 69.7 Å². The first kappa shape index (κ1) is 15.4. The van der Waals surface area contributed by atoms with Crippen LogP contribution in [-0.2, 0) is 0 Å². The quantitative estimate of drug-likeness (QED) is 0.913. The molecule has 0 spiro atoms. The molecule has 22 heavy (non-hydrogen) atoms. The number of benzene rings is 2. The lowest BCUT2D eigenvalue weighted by molar-refractivity contribution is 0.223. The molecule has 0 aliphatic carbocycles. The molecule has 1 aliphatic rings. The molecule has 3 rings (SSSR count). The molecule has 0 amide bonds. The minimum atomic E-state index is -0.577. The summed E-state index contributed by atoms with van der Waals surface area (Å²) in [6, 6.07) is 9.36. The molecule has 0 bridgehead atoms. The van der Waals surface area contributed by atoms with Crippen LogP contribution in [0.25, 0.3) is 0 Å². The molecule has 2 N–H and O–H groups in total. The van der Waals surface area contributed by atoms with Gasteiger partial charge in [-0.1, -0.05) is 23.7 Å². The lowest BCUT2D eigenvalue weighted by atomic mass is 9.81. The number of halogens is 3. The molecule has 0 fully saturated rings. The highest BCUT2D eigenvalue weighted by atomic mass is 35.5. The van der Waals surface area contributed by atoms with E-state index in [9.17, 15) is 8.78 Å². The molecular weight excluding hydrogens is 306 g/mol. The van der Waals surface area contributed by atoms with Gasteiger partial charge < -0.3 is 5.73 Å². The van der Waals surface area contributed by atoms with E-state index in [0.29, 0.717) is 23.7 Å². The van der Waals surface area contributed by atoms with Crippen LogP contribution in [0.1, 0.15) is 28.7 Å². The van der Waals surface area contributed by atoms with Crippen LogP contribution in [0.2, 0.25) is 5.02 Å². The van der Waals surface area contributed by atoms with E-state index in [0.717, 1.165) is 17.2 Å². The van der Waals surface area contributed by atoms with E-state index in [4.69, 9.17) is 17.3 Å². The van der Waals surface area contributed by atoms with Crippen molar-refractivity contribution in [3.8, 4) is 0 Å². The fourth-order valence-electron chi connectivity index (χ4n) is 3.31. The van der Waals surface area contributed by atoms with Gasteiger partial charge in [0.15, 0.2) is 0 Å². The van der Waals surface area contributed by atoms with Crippen molar-refractivity contribution in [2.75, 3.05) is 20.1 Å². The van der Waals surface area contributed by atoms with Gasteiger partial charge >= 0.3 is 0 Å². The van der Waals surface area contributed by atoms with Crippen molar-refractivity contribution in [2.24, 2.45) is 5.73 Å². The Bertz CT molecular complexity index is 685. The monoisotopic (exact) mass is 322 g/mol. The lowest BCUT2D eigenvalue weighted by Gasteiger charge is -2.39. The van der Waals surface area contributed by atoms with Gasteiger partial charge in [0.05, 0.1) is 0 Å². The number of nitrogens with two attached hydrogens (primary N) is 1. The van der Waals surface area contributed by atoms with Crippen LogP contribution in [0.15, 0.2) is 36.4 Å². The summed E-state index contributed by atoms with van der Waals surface area (Å²) in [5.41, 5.74) is 8.42. The van der Waals surface area contributed by atoms with E-state index < -0.39 is 11.6 Å². The number of rotatable bonds is 2. The van der Waals surface area contributed by atoms with Crippen LogP contribution in [0.3, 0.4) is 0 Å². The van der Waals surface area contributed by atoms with Crippen LogP contribution in [0.5, 0.6) is 0 Å². The van der Waals surface area contributed by atoms with Gasteiger partial charge in [-0.05, 0) is 41.9 Å². The maximum Gasteiger partial charge on any atom is 0.126 e. The SMILES string of the molecule is CN1CC(c2cc(F)cc(F)c2)c2c(Cl)cccc2C1CN. The van der Waals surface area contributed by atoms with Crippen LogP contribution in [0, 0.1) is 11.6 Å². The molecule has 0 aromatic heterocycles. The van der Waals surface area contributed by atoms with Gasteiger partial charge in [-0.3, -0.25) is 4.90 Å². The molecule has 2 unspecified atom stereocenters. The van der Waals surface area contributed by atoms with E-state index in [1.807, 2.05) is 25.2 Å². The topological polar surface area (TPSA) is 29.3 Å². The second-order valence-corrected chi connectivity index (χ2v) is 6.10. The van der Waals surface area contributed by atoms with Gasteiger partial charge in [-0.15, -0.1) is 0 Å². The van der Waals surface area contributed by atoms with E-state index in [2.05, 4.69) is 4.90 Å². The molecule has 1 heterocycles. The molecule has 116 valence electrons. The van der Waals surface area contributed by atoms with Crippen molar-refractivity contribution in [1.82, 2.24) is 4.90 Å². The van der Waals surface area contributed by atoms with Gasteiger partial charge in [0.25, 0.3) is 0 Å². The van der Waals surface area contributed by atoms with Crippen molar-refractivity contribution in [1.29, 1.82) is 0 Å². The van der Waals surface area contributed by atoms with Crippen molar-refractivity contribution < 1.29 is 8.78 Å². The zero-order valence-electron chi connectivity index (χ0n) is 12.2. The summed E-state index contributed by atoms with van der Waals surface area (Å²) in [6.07, 6.45) is 0. The Balaban J connectivity index is 2.17. The number of nitrogens with zero attached hydrogens (tertiary/aromatic N) is 1. The molecule has 0 saturated heterocycles. The third-order valence-electron chi connectivity index (χ3n) is 4.31. The summed E-state index contributed by atoms with van der Waals surface area (Å²) in [4.78, 5) is 2.10. The van der Waals surface area contributed by atoms with E-state index in [1.165, 1.54) is 12.1 Å². The fraction of sp³-hybridized carbons (Fsp3) is 0.294. The maximum atomic E-state index is 13.6. The Kier molecular flexibility index (Phi) is 4.17. The third kappa shape index (κ3) is 2.62. The summed E-state index contributed by atoms with van der Waals surface area (Å²) >= 11 is 6.39. The maximum absolute atomic E-state index is 13.6.